The van der Waals surface area contributed by atoms with Gasteiger partial charge >= 0.3 is 5.69 Å². The minimum atomic E-state index is -0.507. The van der Waals surface area contributed by atoms with E-state index in [1.807, 2.05) is 0 Å². The summed E-state index contributed by atoms with van der Waals surface area (Å²) in [7, 11) is 0. The molecule has 0 amide bonds. The van der Waals surface area contributed by atoms with E-state index in [2.05, 4.69) is 20.3 Å². The van der Waals surface area contributed by atoms with E-state index in [1.54, 1.807) is 18.2 Å². The van der Waals surface area contributed by atoms with Crippen molar-refractivity contribution in [2.45, 2.75) is 0 Å². The number of rotatable bonds is 3. The zero-order chi connectivity index (χ0) is 14.1. The highest BCUT2D eigenvalue weighted by Crippen LogP contribution is 2.19. The van der Waals surface area contributed by atoms with E-state index in [-0.39, 0.29) is 11.4 Å². The minimum Gasteiger partial charge on any atom is -0.340 e. The van der Waals surface area contributed by atoms with Gasteiger partial charge < -0.3 is 15.3 Å². The van der Waals surface area contributed by atoms with Gasteiger partial charge in [-0.25, -0.2) is 9.78 Å². The van der Waals surface area contributed by atoms with Gasteiger partial charge in [-0.2, -0.15) is 0 Å². The van der Waals surface area contributed by atoms with Crippen molar-refractivity contribution in [3.63, 3.8) is 0 Å². The second-order valence-corrected chi connectivity index (χ2v) is 4.12. The maximum Gasteiger partial charge on any atom is 0.323 e. The zero-order valence-electron chi connectivity index (χ0n) is 10.1. The number of H-pyrrole nitrogens is 2. The fourth-order valence-electron chi connectivity index (χ4n) is 1.83. The Hall–Kier alpha value is -3.16. The van der Waals surface area contributed by atoms with Gasteiger partial charge in [0.2, 0.25) is 0 Å². The predicted octanol–water partition coefficient (Wildman–Crippen LogP) is 1.90. The standard InChI is InChI=1S/C12H9N5O3/c18-12-15-9-3-1-7(5-10(9)16-12)14-11-4-2-8(6-13-11)17(19)20/h1-6H,(H,13,14)(H2,15,16,18). The number of nitrogens with zero attached hydrogens (tertiary/aromatic N) is 2. The molecule has 0 radical (unpaired) electrons. The molecule has 0 aliphatic carbocycles. The summed E-state index contributed by atoms with van der Waals surface area (Å²) in [4.78, 5) is 30.4. The third-order valence-corrected chi connectivity index (χ3v) is 2.75. The summed E-state index contributed by atoms with van der Waals surface area (Å²) < 4.78 is 0. The van der Waals surface area contributed by atoms with Gasteiger partial charge in [-0.15, -0.1) is 0 Å². The number of hydrogen-bond acceptors (Lipinski definition) is 5. The fourth-order valence-corrected chi connectivity index (χ4v) is 1.83. The van der Waals surface area contributed by atoms with Crippen molar-refractivity contribution < 1.29 is 4.92 Å². The Morgan fingerprint density at radius 2 is 1.95 bits per heavy atom. The van der Waals surface area contributed by atoms with Gasteiger partial charge in [-0.05, 0) is 24.3 Å². The van der Waals surface area contributed by atoms with Crippen LogP contribution in [0.4, 0.5) is 17.2 Å². The quantitative estimate of drug-likeness (QED) is 0.497. The fraction of sp³-hybridized carbons (Fsp3) is 0. The SMILES string of the molecule is O=c1[nH]c2ccc(Nc3ccc([N+](=O)[O-])cn3)cc2[nH]1. The zero-order valence-corrected chi connectivity index (χ0v) is 10.1. The predicted molar refractivity (Wildman–Crippen MR) is 73.1 cm³/mol. The number of fused-ring (bicyclic) bond motifs is 1. The Balaban J connectivity index is 1.88. The van der Waals surface area contributed by atoms with E-state index in [0.717, 1.165) is 0 Å². The smallest absolute Gasteiger partial charge is 0.323 e. The molecule has 0 aliphatic rings. The Kier molecular flexibility index (Phi) is 2.68. The molecule has 3 aromatic rings. The molecule has 2 heterocycles. The average molecular weight is 271 g/mol. The first-order chi connectivity index (χ1) is 9.61. The van der Waals surface area contributed by atoms with Gasteiger partial charge in [0.15, 0.2) is 0 Å². The summed E-state index contributed by atoms with van der Waals surface area (Å²) >= 11 is 0. The molecule has 2 aromatic heterocycles. The highest BCUT2D eigenvalue weighted by molar-refractivity contribution is 5.79. The molecule has 100 valence electrons. The number of anilines is 2. The second-order valence-electron chi connectivity index (χ2n) is 4.12. The lowest BCUT2D eigenvalue weighted by Crippen LogP contribution is -1.99. The average Bonchev–Trinajstić information content (AvgIpc) is 2.78. The third kappa shape index (κ3) is 2.21. The Morgan fingerprint density at radius 1 is 1.15 bits per heavy atom. The molecule has 1 aromatic carbocycles. The van der Waals surface area contributed by atoms with Gasteiger partial charge in [-0.1, -0.05) is 0 Å². The van der Waals surface area contributed by atoms with Crippen LogP contribution in [0.2, 0.25) is 0 Å². The van der Waals surface area contributed by atoms with Crippen molar-refractivity contribution in [2.24, 2.45) is 0 Å². The summed E-state index contributed by atoms with van der Waals surface area (Å²) in [6.45, 7) is 0. The molecule has 0 saturated carbocycles. The molecule has 0 spiro atoms. The molecule has 0 fully saturated rings. The largest absolute Gasteiger partial charge is 0.340 e. The summed E-state index contributed by atoms with van der Waals surface area (Å²) in [5, 5.41) is 13.5. The third-order valence-electron chi connectivity index (χ3n) is 2.75. The maximum atomic E-state index is 11.2. The normalized spacial score (nSPS) is 10.6. The Bertz CT molecular complexity index is 834. The first-order valence-corrected chi connectivity index (χ1v) is 5.71. The molecule has 3 rings (SSSR count). The molecule has 20 heavy (non-hydrogen) atoms. The summed E-state index contributed by atoms with van der Waals surface area (Å²) in [5.41, 5.74) is 1.75. The molecule has 8 nitrogen and oxygen atoms in total. The van der Waals surface area contributed by atoms with Crippen LogP contribution < -0.4 is 11.0 Å². The van der Waals surface area contributed by atoms with E-state index in [9.17, 15) is 14.9 Å². The number of aromatic amines is 2. The summed E-state index contributed by atoms with van der Waals surface area (Å²) in [6.07, 6.45) is 1.18. The second kappa shape index (κ2) is 4.50. The molecule has 0 saturated heterocycles. The highest BCUT2D eigenvalue weighted by atomic mass is 16.6. The molecular weight excluding hydrogens is 262 g/mol. The van der Waals surface area contributed by atoms with E-state index in [1.165, 1.54) is 18.3 Å². The van der Waals surface area contributed by atoms with Gasteiger partial charge in [0.1, 0.15) is 12.0 Å². The first kappa shape index (κ1) is 11.9. The van der Waals surface area contributed by atoms with Gasteiger partial charge in [0, 0.05) is 11.8 Å². The molecule has 0 unspecified atom stereocenters. The molecule has 0 bridgehead atoms. The van der Waals surface area contributed by atoms with Crippen molar-refractivity contribution in [2.75, 3.05) is 5.32 Å². The molecular formula is C12H9N5O3. The number of nitrogens with one attached hydrogen (secondary N) is 3. The van der Waals surface area contributed by atoms with Crippen LogP contribution >= 0.6 is 0 Å². The van der Waals surface area contributed by atoms with E-state index in [0.29, 0.717) is 22.5 Å². The lowest BCUT2D eigenvalue weighted by atomic mass is 10.2. The van der Waals surface area contributed by atoms with Crippen LogP contribution in [0.5, 0.6) is 0 Å². The molecule has 0 atom stereocenters. The van der Waals surface area contributed by atoms with Crippen molar-refractivity contribution in [1.29, 1.82) is 0 Å². The Morgan fingerprint density at radius 3 is 2.65 bits per heavy atom. The number of hydrogen-bond donors (Lipinski definition) is 3. The van der Waals surface area contributed by atoms with Crippen LogP contribution in [0, 0.1) is 10.1 Å². The topological polar surface area (TPSA) is 117 Å². The number of imidazole rings is 1. The van der Waals surface area contributed by atoms with Crippen LogP contribution in [-0.4, -0.2) is 19.9 Å². The van der Waals surface area contributed by atoms with Crippen molar-refractivity contribution in [3.05, 3.63) is 57.1 Å². The molecule has 0 aliphatic heterocycles. The maximum absolute atomic E-state index is 11.2. The van der Waals surface area contributed by atoms with E-state index < -0.39 is 4.92 Å². The van der Waals surface area contributed by atoms with Gasteiger partial charge in [-0.3, -0.25) is 10.1 Å². The van der Waals surface area contributed by atoms with Gasteiger partial charge in [0.05, 0.1) is 16.0 Å². The minimum absolute atomic E-state index is 0.0685. The van der Waals surface area contributed by atoms with Crippen molar-refractivity contribution in [3.8, 4) is 0 Å². The lowest BCUT2D eigenvalue weighted by Gasteiger charge is -2.04. The van der Waals surface area contributed by atoms with Crippen LogP contribution in [-0.2, 0) is 0 Å². The molecule has 3 N–H and O–H groups in total. The first-order valence-electron chi connectivity index (χ1n) is 5.71. The van der Waals surface area contributed by atoms with E-state index in [4.69, 9.17) is 0 Å². The highest BCUT2D eigenvalue weighted by Gasteiger charge is 2.06. The van der Waals surface area contributed by atoms with Crippen LogP contribution in [0.3, 0.4) is 0 Å². The van der Waals surface area contributed by atoms with Gasteiger partial charge in [0.25, 0.3) is 5.69 Å². The van der Waals surface area contributed by atoms with Crippen LogP contribution in [0.25, 0.3) is 11.0 Å². The number of benzene rings is 1. The summed E-state index contributed by atoms with van der Waals surface area (Å²) in [5.74, 6) is 0.479. The molecule has 8 heteroatoms. The summed E-state index contributed by atoms with van der Waals surface area (Å²) in [6, 6.07) is 8.15. The number of aromatic nitrogens is 3. The lowest BCUT2D eigenvalue weighted by molar-refractivity contribution is -0.385. The van der Waals surface area contributed by atoms with Crippen molar-refractivity contribution in [1.82, 2.24) is 15.0 Å². The monoisotopic (exact) mass is 271 g/mol. The van der Waals surface area contributed by atoms with Crippen LogP contribution in [0.15, 0.2) is 41.3 Å². The van der Waals surface area contributed by atoms with Crippen molar-refractivity contribution >= 4 is 28.2 Å². The number of pyridine rings is 1. The Labute approximate surface area is 111 Å². The van der Waals surface area contributed by atoms with E-state index >= 15 is 0 Å². The number of nitro groups is 1. The van der Waals surface area contributed by atoms with Crippen LogP contribution in [0.1, 0.15) is 0 Å².